The number of hydrogen-bond donors (Lipinski definition) is 0. The van der Waals surface area contributed by atoms with E-state index in [1.807, 2.05) is 0 Å². The molecule has 0 saturated heterocycles. The van der Waals surface area contributed by atoms with Crippen LogP contribution in [0.4, 0.5) is 8.78 Å². The summed E-state index contributed by atoms with van der Waals surface area (Å²) in [5.41, 5.74) is 1.37. The van der Waals surface area contributed by atoms with Crippen molar-refractivity contribution in [3.63, 3.8) is 0 Å². The van der Waals surface area contributed by atoms with Gasteiger partial charge < -0.3 is 0 Å². The Balaban J connectivity index is 2.35. The van der Waals surface area contributed by atoms with E-state index < -0.39 is 11.6 Å². The molecule has 0 aliphatic carbocycles. The molecule has 3 nitrogen and oxygen atoms in total. The summed E-state index contributed by atoms with van der Waals surface area (Å²) < 4.78 is 28.3. The van der Waals surface area contributed by atoms with E-state index in [1.54, 1.807) is 0 Å². The van der Waals surface area contributed by atoms with Crippen LogP contribution in [-0.2, 0) is 0 Å². The third-order valence-corrected chi connectivity index (χ3v) is 3.24. The van der Waals surface area contributed by atoms with Crippen LogP contribution in [0.25, 0.3) is 16.8 Å². The molecule has 0 bridgehead atoms. The molecule has 0 radical (unpaired) electrons. The van der Waals surface area contributed by atoms with Crippen molar-refractivity contribution in [1.29, 1.82) is 0 Å². The highest BCUT2D eigenvalue weighted by atomic mass is 79.9. The lowest BCUT2D eigenvalue weighted by atomic mass is 10.1. The lowest BCUT2D eigenvalue weighted by molar-refractivity contribution is 0.615. The second-order valence-electron chi connectivity index (χ2n) is 3.85. The molecule has 0 aliphatic rings. The van der Waals surface area contributed by atoms with E-state index in [2.05, 4.69) is 26.0 Å². The first kappa shape index (κ1) is 12.5. The second-order valence-corrected chi connectivity index (χ2v) is 4.96. The number of pyridine rings is 1. The highest BCUT2D eigenvalue weighted by Gasteiger charge is 2.14. The molecule has 19 heavy (non-hydrogen) atoms. The molecular weight excluding hydrogens is 340 g/mol. The predicted molar refractivity (Wildman–Crippen MR) is 71.0 cm³/mol. The van der Waals surface area contributed by atoms with Gasteiger partial charge in [-0.1, -0.05) is 11.6 Å². The third-order valence-electron chi connectivity index (χ3n) is 2.60. The van der Waals surface area contributed by atoms with Gasteiger partial charge in [-0.15, -0.1) is 5.10 Å². The van der Waals surface area contributed by atoms with Gasteiger partial charge in [0.1, 0.15) is 11.6 Å². The van der Waals surface area contributed by atoms with Crippen LogP contribution >= 0.6 is 27.5 Å². The van der Waals surface area contributed by atoms with Crippen LogP contribution in [0.5, 0.6) is 0 Å². The van der Waals surface area contributed by atoms with Crippen molar-refractivity contribution in [3.8, 4) is 11.1 Å². The van der Waals surface area contributed by atoms with Gasteiger partial charge in [-0.05, 0) is 40.2 Å². The molecular formula is C12H5BrClF2N3. The summed E-state index contributed by atoms with van der Waals surface area (Å²) >= 11 is 9.12. The molecule has 0 aliphatic heterocycles. The van der Waals surface area contributed by atoms with Gasteiger partial charge in [0.25, 0.3) is 0 Å². The Labute approximate surface area is 120 Å². The molecule has 3 aromatic rings. The van der Waals surface area contributed by atoms with Gasteiger partial charge in [0.2, 0.25) is 4.73 Å². The van der Waals surface area contributed by atoms with Gasteiger partial charge in [-0.3, -0.25) is 0 Å². The number of halogens is 4. The van der Waals surface area contributed by atoms with Crippen molar-refractivity contribution in [2.45, 2.75) is 0 Å². The van der Waals surface area contributed by atoms with Gasteiger partial charge in [-0.2, -0.15) is 0 Å². The maximum Gasteiger partial charge on any atom is 0.218 e. The molecule has 0 unspecified atom stereocenters. The molecule has 0 amide bonds. The Morgan fingerprint density at radius 1 is 1.11 bits per heavy atom. The Kier molecular flexibility index (Phi) is 2.99. The number of hydrogen-bond acceptors (Lipinski definition) is 2. The molecule has 7 heteroatoms. The van der Waals surface area contributed by atoms with Gasteiger partial charge in [0, 0.05) is 11.1 Å². The first-order valence-electron chi connectivity index (χ1n) is 5.21. The maximum absolute atomic E-state index is 13.6. The molecule has 3 rings (SSSR count). The van der Waals surface area contributed by atoms with Crippen LogP contribution < -0.4 is 0 Å². The topological polar surface area (TPSA) is 30.2 Å². The van der Waals surface area contributed by atoms with Crippen molar-refractivity contribution < 1.29 is 8.78 Å². The first-order chi connectivity index (χ1) is 9.04. The Morgan fingerprint density at radius 3 is 2.63 bits per heavy atom. The van der Waals surface area contributed by atoms with Crippen LogP contribution in [0.15, 0.2) is 35.2 Å². The maximum atomic E-state index is 13.6. The summed E-state index contributed by atoms with van der Waals surface area (Å²) in [5, 5.41) is 4.16. The molecule has 2 heterocycles. The average molecular weight is 345 g/mol. The minimum absolute atomic E-state index is 0.187. The van der Waals surface area contributed by atoms with Gasteiger partial charge in [-0.25, -0.2) is 18.3 Å². The minimum Gasteiger partial charge on any atom is -0.216 e. The Bertz CT molecular complexity index is 788. The minimum atomic E-state index is -0.486. The van der Waals surface area contributed by atoms with E-state index >= 15 is 0 Å². The summed E-state index contributed by atoms with van der Waals surface area (Å²) in [6, 6.07) is 5.20. The van der Waals surface area contributed by atoms with E-state index in [4.69, 9.17) is 11.6 Å². The van der Waals surface area contributed by atoms with Crippen LogP contribution in [0.3, 0.4) is 0 Å². The zero-order valence-corrected chi connectivity index (χ0v) is 11.6. The molecule has 0 N–H and O–H groups in total. The summed E-state index contributed by atoms with van der Waals surface area (Å²) in [5.74, 6) is -0.941. The third kappa shape index (κ3) is 2.21. The summed E-state index contributed by atoms with van der Waals surface area (Å²) in [4.78, 5) is 4.14. The number of aromatic nitrogens is 3. The molecule has 0 saturated carbocycles. The second kappa shape index (κ2) is 4.54. The van der Waals surface area contributed by atoms with Crippen LogP contribution in [0, 0.1) is 11.6 Å². The lowest BCUT2D eigenvalue weighted by Crippen LogP contribution is -1.93. The fourth-order valence-electron chi connectivity index (χ4n) is 1.83. The predicted octanol–water partition coefficient (Wildman–Crippen LogP) is 4.09. The average Bonchev–Trinajstić information content (AvgIpc) is 2.68. The highest BCUT2D eigenvalue weighted by molar-refractivity contribution is 9.10. The fraction of sp³-hybridized carbons (Fsp3) is 0. The summed E-state index contributed by atoms with van der Waals surface area (Å²) in [7, 11) is 0. The number of rotatable bonds is 1. The zero-order chi connectivity index (χ0) is 13.6. The van der Waals surface area contributed by atoms with Crippen molar-refractivity contribution >= 4 is 33.2 Å². The molecule has 0 fully saturated rings. The van der Waals surface area contributed by atoms with Crippen molar-refractivity contribution in [3.05, 3.63) is 51.9 Å². The number of fused-ring (bicyclic) bond motifs is 1. The van der Waals surface area contributed by atoms with Crippen LogP contribution in [-0.4, -0.2) is 14.6 Å². The Hall–Kier alpha value is -1.53. The van der Waals surface area contributed by atoms with Crippen molar-refractivity contribution in [2.24, 2.45) is 0 Å². The monoisotopic (exact) mass is 343 g/mol. The molecule has 0 spiro atoms. The van der Waals surface area contributed by atoms with E-state index in [-0.39, 0.29) is 5.02 Å². The number of nitrogens with zero attached hydrogens (tertiary/aromatic N) is 3. The number of benzene rings is 1. The standard InChI is InChI=1S/C12H5BrClF2N3/c13-12-17-11-9(3-7(16)5-19(11)18-12)8-2-1-6(15)4-10(8)14/h1-5H. The smallest absolute Gasteiger partial charge is 0.216 e. The fourth-order valence-corrected chi connectivity index (χ4v) is 2.44. The van der Waals surface area contributed by atoms with E-state index in [0.29, 0.717) is 21.5 Å². The van der Waals surface area contributed by atoms with Gasteiger partial charge in [0.15, 0.2) is 5.65 Å². The van der Waals surface area contributed by atoms with E-state index in [9.17, 15) is 8.78 Å². The van der Waals surface area contributed by atoms with Gasteiger partial charge in [0.05, 0.1) is 11.2 Å². The zero-order valence-electron chi connectivity index (χ0n) is 9.24. The molecule has 2 aromatic heterocycles. The Morgan fingerprint density at radius 2 is 1.89 bits per heavy atom. The van der Waals surface area contributed by atoms with E-state index in [1.165, 1.54) is 35.0 Å². The molecule has 1 aromatic carbocycles. The molecule has 0 atom stereocenters. The van der Waals surface area contributed by atoms with Crippen LogP contribution in [0.2, 0.25) is 5.02 Å². The van der Waals surface area contributed by atoms with Crippen molar-refractivity contribution in [2.75, 3.05) is 0 Å². The summed E-state index contributed by atoms with van der Waals surface area (Å²) in [6.45, 7) is 0. The highest BCUT2D eigenvalue weighted by Crippen LogP contribution is 2.31. The van der Waals surface area contributed by atoms with Gasteiger partial charge >= 0.3 is 0 Å². The van der Waals surface area contributed by atoms with Crippen LogP contribution in [0.1, 0.15) is 0 Å². The normalized spacial score (nSPS) is 11.2. The molecule has 96 valence electrons. The summed E-state index contributed by atoms with van der Waals surface area (Å²) in [6.07, 6.45) is 1.20. The lowest BCUT2D eigenvalue weighted by Gasteiger charge is -2.06. The largest absolute Gasteiger partial charge is 0.218 e. The van der Waals surface area contributed by atoms with Crippen molar-refractivity contribution in [1.82, 2.24) is 14.6 Å². The first-order valence-corrected chi connectivity index (χ1v) is 6.38. The van der Waals surface area contributed by atoms with E-state index in [0.717, 1.165) is 0 Å². The quantitative estimate of drug-likeness (QED) is 0.665. The SMILES string of the molecule is Fc1ccc(-c2cc(F)cn3nc(Br)nc23)c(Cl)c1.